The number of hydrogen-bond acceptors (Lipinski definition) is 8. The SMILES string of the molecule is O=C1CC(COc2cccc(F)c2)=Nc2c1ccnc2-c1csc(NCCO)n1. The lowest BCUT2D eigenvalue weighted by molar-refractivity contribution is 0.0998. The van der Waals surface area contributed by atoms with E-state index < -0.39 is 5.82 Å². The van der Waals surface area contributed by atoms with Crippen molar-refractivity contribution in [3.8, 4) is 17.1 Å². The molecule has 1 aliphatic heterocycles. The van der Waals surface area contributed by atoms with Gasteiger partial charge in [-0.05, 0) is 18.2 Å². The Bertz CT molecular complexity index is 1080. The van der Waals surface area contributed by atoms with Crippen LogP contribution in [0, 0.1) is 5.82 Å². The maximum atomic E-state index is 13.3. The number of carbonyl (C=O) groups is 1. The number of aromatic nitrogens is 2. The molecule has 1 aliphatic rings. The van der Waals surface area contributed by atoms with Gasteiger partial charge in [0.25, 0.3) is 0 Å². The monoisotopic (exact) mass is 412 g/mol. The summed E-state index contributed by atoms with van der Waals surface area (Å²) < 4.78 is 18.9. The van der Waals surface area contributed by atoms with Crippen LogP contribution >= 0.6 is 11.3 Å². The van der Waals surface area contributed by atoms with Crippen molar-refractivity contribution >= 4 is 33.7 Å². The first-order chi connectivity index (χ1) is 14.1. The Morgan fingerprint density at radius 2 is 2.21 bits per heavy atom. The Morgan fingerprint density at radius 3 is 3.03 bits per heavy atom. The highest BCUT2D eigenvalue weighted by Gasteiger charge is 2.25. The molecule has 29 heavy (non-hydrogen) atoms. The number of thiazole rings is 1. The predicted octanol–water partition coefficient (Wildman–Crippen LogP) is 3.49. The number of hydrogen-bond donors (Lipinski definition) is 2. The van der Waals surface area contributed by atoms with Gasteiger partial charge in [0.15, 0.2) is 10.9 Å². The van der Waals surface area contributed by atoms with Crippen LogP contribution in [-0.2, 0) is 0 Å². The highest BCUT2D eigenvalue weighted by molar-refractivity contribution is 7.14. The third kappa shape index (κ3) is 4.30. The summed E-state index contributed by atoms with van der Waals surface area (Å²) in [4.78, 5) is 26.0. The highest BCUT2D eigenvalue weighted by Crippen LogP contribution is 2.36. The number of rotatable bonds is 7. The number of benzene rings is 1. The zero-order valence-corrected chi connectivity index (χ0v) is 16.1. The fourth-order valence-corrected chi connectivity index (χ4v) is 3.62. The van der Waals surface area contributed by atoms with E-state index in [1.165, 1.54) is 23.5 Å². The summed E-state index contributed by atoms with van der Waals surface area (Å²) >= 11 is 1.38. The largest absolute Gasteiger partial charge is 0.488 e. The van der Waals surface area contributed by atoms with Crippen LogP contribution < -0.4 is 10.1 Å². The lowest BCUT2D eigenvalue weighted by atomic mass is 9.99. The van der Waals surface area contributed by atoms with Gasteiger partial charge in [-0.1, -0.05) is 6.07 Å². The molecule has 4 rings (SSSR count). The molecule has 1 aromatic carbocycles. The number of carbonyl (C=O) groups excluding carboxylic acids is 1. The minimum Gasteiger partial charge on any atom is -0.488 e. The van der Waals surface area contributed by atoms with Crippen molar-refractivity contribution in [2.45, 2.75) is 6.42 Å². The van der Waals surface area contributed by atoms with Gasteiger partial charge in [-0.3, -0.25) is 14.8 Å². The molecule has 3 heterocycles. The van der Waals surface area contributed by atoms with Gasteiger partial charge in [-0.15, -0.1) is 11.3 Å². The van der Waals surface area contributed by atoms with E-state index in [0.717, 1.165) is 0 Å². The van der Waals surface area contributed by atoms with Crippen molar-refractivity contribution in [3.05, 3.63) is 53.3 Å². The van der Waals surface area contributed by atoms with Crippen LogP contribution in [0.1, 0.15) is 16.8 Å². The lowest BCUT2D eigenvalue weighted by Gasteiger charge is -2.17. The van der Waals surface area contributed by atoms with Crippen LogP contribution in [-0.4, -0.2) is 46.3 Å². The fourth-order valence-electron chi connectivity index (χ4n) is 2.89. The van der Waals surface area contributed by atoms with E-state index in [4.69, 9.17) is 9.84 Å². The summed E-state index contributed by atoms with van der Waals surface area (Å²) in [6, 6.07) is 7.46. The smallest absolute Gasteiger partial charge is 0.183 e. The molecule has 0 radical (unpaired) electrons. The number of nitrogens with one attached hydrogen (secondary N) is 1. The Labute approximate surface area is 169 Å². The van der Waals surface area contributed by atoms with Crippen LogP contribution in [0.4, 0.5) is 15.2 Å². The van der Waals surface area contributed by atoms with Gasteiger partial charge in [-0.25, -0.2) is 9.37 Å². The predicted molar refractivity (Wildman–Crippen MR) is 109 cm³/mol. The highest BCUT2D eigenvalue weighted by atomic mass is 32.1. The summed E-state index contributed by atoms with van der Waals surface area (Å²) in [5.74, 6) is -0.100. The molecule has 0 amide bonds. The first-order valence-corrected chi connectivity index (χ1v) is 9.79. The quantitative estimate of drug-likeness (QED) is 0.617. The van der Waals surface area contributed by atoms with Gasteiger partial charge in [0.2, 0.25) is 0 Å². The van der Waals surface area contributed by atoms with Crippen LogP contribution in [0.2, 0.25) is 0 Å². The number of Topliss-reactive ketones (excluding diaryl/α,β-unsaturated/α-hetero) is 1. The number of anilines is 1. The van der Waals surface area contributed by atoms with Crippen molar-refractivity contribution in [2.75, 3.05) is 25.1 Å². The maximum Gasteiger partial charge on any atom is 0.183 e. The minimum absolute atomic E-state index is 0.00136. The number of nitrogens with zero attached hydrogens (tertiary/aromatic N) is 3. The Balaban J connectivity index is 1.61. The van der Waals surface area contributed by atoms with Crippen molar-refractivity contribution in [1.82, 2.24) is 9.97 Å². The summed E-state index contributed by atoms with van der Waals surface area (Å²) in [6.45, 7) is 0.468. The molecule has 2 aromatic heterocycles. The van der Waals surface area contributed by atoms with Gasteiger partial charge in [-0.2, -0.15) is 0 Å². The minimum atomic E-state index is -0.393. The van der Waals surface area contributed by atoms with Crippen molar-refractivity contribution in [2.24, 2.45) is 4.99 Å². The molecule has 9 heteroatoms. The summed E-state index contributed by atoms with van der Waals surface area (Å²) in [7, 11) is 0. The molecule has 0 aliphatic carbocycles. The second kappa shape index (κ2) is 8.46. The van der Waals surface area contributed by atoms with Crippen LogP contribution in [0.3, 0.4) is 0 Å². The molecular weight excluding hydrogens is 395 g/mol. The first-order valence-electron chi connectivity index (χ1n) is 8.91. The molecule has 7 nitrogen and oxygen atoms in total. The average Bonchev–Trinajstić information content (AvgIpc) is 3.19. The number of aliphatic hydroxyl groups excluding tert-OH is 1. The summed E-state index contributed by atoms with van der Waals surface area (Å²) in [5, 5.41) is 14.4. The fraction of sp³-hybridized carbons (Fsp3) is 0.200. The number of halogens is 1. The molecule has 0 saturated heterocycles. The third-order valence-corrected chi connectivity index (χ3v) is 5.00. The van der Waals surface area contributed by atoms with Crippen LogP contribution in [0.15, 0.2) is 46.9 Å². The second-order valence-electron chi connectivity index (χ2n) is 6.27. The zero-order chi connectivity index (χ0) is 20.2. The number of ketones is 1. The van der Waals surface area contributed by atoms with Crippen LogP contribution in [0.25, 0.3) is 11.4 Å². The van der Waals surface area contributed by atoms with E-state index in [9.17, 15) is 9.18 Å². The molecular formula is C20H17FN4O3S. The normalized spacial score (nSPS) is 13.0. The topological polar surface area (TPSA) is 96.7 Å². The van der Waals surface area contributed by atoms with E-state index in [0.29, 0.717) is 45.8 Å². The molecule has 0 atom stereocenters. The van der Waals surface area contributed by atoms with Crippen molar-refractivity contribution in [1.29, 1.82) is 0 Å². The molecule has 0 fully saturated rings. The van der Waals surface area contributed by atoms with Gasteiger partial charge >= 0.3 is 0 Å². The Hall–Kier alpha value is -3.17. The zero-order valence-electron chi connectivity index (χ0n) is 15.3. The third-order valence-electron chi connectivity index (χ3n) is 4.20. The molecule has 2 N–H and O–H groups in total. The molecule has 0 spiro atoms. The lowest BCUT2D eigenvalue weighted by Crippen LogP contribution is -2.20. The van der Waals surface area contributed by atoms with Crippen molar-refractivity contribution in [3.63, 3.8) is 0 Å². The van der Waals surface area contributed by atoms with E-state index in [2.05, 4.69) is 20.3 Å². The number of ether oxygens (including phenoxy) is 1. The van der Waals surface area contributed by atoms with E-state index in [-0.39, 0.29) is 25.4 Å². The van der Waals surface area contributed by atoms with E-state index >= 15 is 0 Å². The van der Waals surface area contributed by atoms with E-state index in [1.54, 1.807) is 24.4 Å². The number of aliphatic imine (C=N–C) groups is 1. The summed E-state index contributed by atoms with van der Waals surface area (Å²) in [5.41, 5.74) is 2.58. The van der Waals surface area contributed by atoms with Crippen LogP contribution in [0.5, 0.6) is 5.75 Å². The molecule has 0 saturated carbocycles. The molecule has 0 bridgehead atoms. The number of pyridine rings is 1. The Kier molecular flexibility index (Phi) is 5.59. The van der Waals surface area contributed by atoms with Gasteiger partial charge in [0.1, 0.15) is 35.2 Å². The average molecular weight is 412 g/mol. The van der Waals surface area contributed by atoms with Crippen molar-refractivity contribution < 1.29 is 19.0 Å². The summed E-state index contributed by atoms with van der Waals surface area (Å²) in [6.07, 6.45) is 1.70. The first kappa shape index (κ1) is 19.2. The molecule has 3 aromatic rings. The molecule has 148 valence electrons. The van der Waals surface area contributed by atoms with Gasteiger partial charge in [0, 0.05) is 29.8 Å². The number of fused-ring (bicyclic) bond motifs is 1. The van der Waals surface area contributed by atoms with Gasteiger partial charge < -0.3 is 15.2 Å². The number of aliphatic hydroxyl groups is 1. The van der Waals surface area contributed by atoms with E-state index in [1.807, 2.05) is 5.38 Å². The standard InChI is InChI=1S/C20H17FN4O3S/c21-12-2-1-3-14(8-12)28-10-13-9-17(27)15-4-5-22-19(18(15)24-13)16-11-29-20(25-16)23-6-7-26/h1-5,8,11,26H,6-7,9-10H2,(H,23,25). The van der Waals surface area contributed by atoms with Gasteiger partial charge in [0.05, 0.1) is 18.7 Å². The molecule has 0 unspecified atom stereocenters. The maximum absolute atomic E-state index is 13.3. The Morgan fingerprint density at radius 1 is 1.31 bits per heavy atom. The second-order valence-corrected chi connectivity index (χ2v) is 7.13.